The van der Waals surface area contributed by atoms with Crippen molar-refractivity contribution in [2.75, 3.05) is 6.61 Å². The lowest BCUT2D eigenvalue weighted by molar-refractivity contribution is -0.145. The molecule has 0 atom stereocenters. The second kappa shape index (κ2) is 4.81. The van der Waals surface area contributed by atoms with Crippen LogP contribution in [0.25, 0.3) is 10.8 Å². The van der Waals surface area contributed by atoms with E-state index in [1.54, 1.807) is 0 Å². The minimum absolute atomic E-state index is 0.0178. The fourth-order valence-corrected chi connectivity index (χ4v) is 2.10. The van der Waals surface area contributed by atoms with E-state index in [4.69, 9.17) is 4.74 Å². The highest BCUT2D eigenvalue weighted by Gasteiger charge is 2.30. The number of benzene rings is 2. The van der Waals surface area contributed by atoms with E-state index in [0.717, 1.165) is 19.3 Å². The van der Waals surface area contributed by atoms with Crippen LogP contribution < -0.4 is 0 Å². The van der Waals surface area contributed by atoms with Gasteiger partial charge in [0, 0.05) is 6.42 Å². The Bertz CT molecular complexity index is 570. The minimum atomic E-state index is -0.0178. The van der Waals surface area contributed by atoms with Crippen molar-refractivity contribution in [3.05, 3.63) is 48.0 Å². The lowest BCUT2D eigenvalue weighted by Gasteiger charge is -2.05. The van der Waals surface area contributed by atoms with E-state index in [1.807, 2.05) is 12.1 Å². The molecule has 3 rings (SSSR count). The molecule has 0 aromatic heterocycles. The van der Waals surface area contributed by atoms with Gasteiger partial charge in [0.2, 0.25) is 0 Å². The molecule has 1 fully saturated rings. The Hall–Kier alpha value is -1.83. The Balaban J connectivity index is 1.61. The molecule has 0 N–H and O–H groups in total. The summed E-state index contributed by atoms with van der Waals surface area (Å²) in [4.78, 5) is 11.4. The SMILES string of the molecule is O=C(OCCc1ccc2ccccc2c1)C1CC1. The standard InChI is InChI=1S/C16H16O2/c17-16(14-7-8-14)18-10-9-12-5-6-13-3-1-2-4-15(13)11-12/h1-6,11,14H,7-10H2. The lowest BCUT2D eigenvalue weighted by atomic mass is 10.1. The second-order valence-electron chi connectivity index (χ2n) is 4.87. The molecule has 2 heteroatoms. The molecule has 18 heavy (non-hydrogen) atoms. The van der Waals surface area contributed by atoms with Crippen molar-refractivity contribution in [1.82, 2.24) is 0 Å². The first-order valence-electron chi connectivity index (χ1n) is 6.47. The quantitative estimate of drug-likeness (QED) is 0.766. The van der Waals surface area contributed by atoms with Crippen LogP contribution in [0, 0.1) is 5.92 Å². The van der Waals surface area contributed by atoms with Gasteiger partial charge in [0.05, 0.1) is 12.5 Å². The molecule has 2 aromatic rings. The van der Waals surface area contributed by atoms with Gasteiger partial charge in [0.25, 0.3) is 0 Å². The molecule has 0 bridgehead atoms. The average molecular weight is 240 g/mol. The number of esters is 1. The first-order valence-corrected chi connectivity index (χ1v) is 6.47. The molecule has 0 radical (unpaired) electrons. The van der Waals surface area contributed by atoms with Gasteiger partial charge < -0.3 is 4.74 Å². The van der Waals surface area contributed by atoms with E-state index in [0.29, 0.717) is 6.61 Å². The zero-order valence-electron chi connectivity index (χ0n) is 10.3. The molecule has 1 aliphatic carbocycles. The van der Waals surface area contributed by atoms with E-state index in [1.165, 1.54) is 16.3 Å². The zero-order valence-corrected chi connectivity index (χ0v) is 10.3. The van der Waals surface area contributed by atoms with Crippen LogP contribution in [0.4, 0.5) is 0 Å². The van der Waals surface area contributed by atoms with Gasteiger partial charge in [0.1, 0.15) is 0 Å². The number of fused-ring (bicyclic) bond motifs is 1. The predicted molar refractivity (Wildman–Crippen MR) is 71.3 cm³/mol. The maximum atomic E-state index is 11.4. The Morgan fingerprint density at radius 1 is 1.11 bits per heavy atom. The molecule has 1 saturated carbocycles. The maximum Gasteiger partial charge on any atom is 0.308 e. The molecule has 0 unspecified atom stereocenters. The highest BCUT2D eigenvalue weighted by atomic mass is 16.5. The molecule has 1 aliphatic rings. The molecule has 0 saturated heterocycles. The molecule has 0 heterocycles. The maximum absolute atomic E-state index is 11.4. The Morgan fingerprint density at radius 2 is 1.89 bits per heavy atom. The zero-order chi connectivity index (χ0) is 12.4. The third-order valence-corrected chi connectivity index (χ3v) is 3.36. The van der Waals surface area contributed by atoms with Crippen LogP contribution in [0.3, 0.4) is 0 Å². The van der Waals surface area contributed by atoms with Crippen molar-refractivity contribution >= 4 is 16.7 Å². The van der Waals surface area contributed by atoms with Gasteiger partial charge in [-0.2, -0.15) is 0 Å². The molecular formula is C16H16O2. The van der Waals surface area contributed by atoms with E-state index in [9.17, 15) is 4.79 Å². The van der Waals surface area contributed by atoms with Gasteiger partial charge >= 0.3 is 5.97 Å². The summed E-state index contributed by atoms with van der Waals surface area (Å²) in [5.41, 5.74) is 1.22. The fourth-order valence-electron chi connectivity index (χ4n) is 2.10. The van der Waals surface area contributed by atoms with Crippen molar-refractivity contribution in [3.63, 3.8) is 0 Å². The Kier molecular flexibility index (Phi) is 3.01. The second-order valence-corrected chi connectivity index (χ2v) is 4.87. The third kappa shape index (κ3) is 2.53. The van der Waals surface area contributed by atoms with Gasteiger partial charge in [-0.25, -0.2) is 0 Å². The summed E-state index contributed by atoms with van der Waals surface area (Å²) in [5.74, 6) is 0.178. The van der Waals surface area contributed by atoms with E-state index in [-0.39, 0.29) is 11.9 Å². The topological polar surface area (TPSA) is 26.3 Å². The summed E-state index contributed by atoms with van der Waals surface area (Å²) in [6, 6.07) is 14.7. The monoisotopic (exact) mass is 240 g/mol. The molecule has 0 amide bonds. The third-order valence-electron chi connectivity index (χ3n) is 3.36. The van der Waals surface area contributed by atoms with Crippen LogP contribution in [0.15, 0.2) is 42.5 Å². The molecule has 0 aliphatic heterocycles. The summed E-state index contributed by atoms with van der Waals surface area (Å²) in [7, 11) is 0. The van der Waals surface area contributed by atoms with Gasteiger partial charge in [0.15, 0.2) is 0 Å². The molecule has 0 spiro atoms. The van der Waals surface area contributed by atoms with Crippen LogP contribution in [0.1, 0.15) is 18.4 Å². The number of rotatable bonds is 4. The lowest BCUT2D eigenvalue weighted by Crippen LogP contribution is -2.09. The molecule has 92 valence electrons. The number of ether oxygens (including phenoxy) is 1. The minimum Gasteiger partial charge on any atom is -0.465 e. The van der Waals surface area contributed by atoms with Crippen LogP contribution >= 0.6 is 0 Å². The summed E-state index contributed by atoms with van der Waals surface area (Å²) in [6.45, 7) is 0.494. The normalized spacial score (nSPS) is 14.7. The van der Waals surface area contributed by atoms with Crippen LogP contribution in [0.5, 0.6) is 0 Å². The van der Waals surface area contributed by atoms with Gasteiger partial charge in [-0.05, 0) is 29.2 Å². The summed E-state index contributed by atoms with van der Waals surface area (Å²) < 4.78 is 5.24. The van der Waals surface area contributed by atoms with Gasteiger partial charge in [-0.1, -0.05) is 42.5 Å². The van der Waals surface area contributed by atoms with Crippen molar-refractivity contribution in [1.29, 1.82) is 0 Å². The number of carbonyl (C=O) groups is 1. The van der Waals surface area contributed by atoms with E-state index in [2.05, 4.69) is 30.3 Å². The molecule has 2 aromatic carbocycles. The largest absolute Gasteiger partial charge is 0.465 e. The highest BCUT2D eigenvalue weighted by molar-refractivity contribution is 5.83. The van der Waals surface area contributed by atoms with E-state index >= 15 is 0 Å². The Morgan fingerprint density at radius 3 is 2.67 bits per heavy atom. The van der Waals surface area contributed by atoms with Crippen LogP contribution in [-0.4, -0.2) is 12.6 Å². The smallest absolute Gasteiger partial charge is 0.308 e. The molecule has 2 nitrogen and oxygen atoms in total. The average Bonchev–Trinajstić information content (AvgIpc) is 3.23. The van der Waals surface area contributed by atoms with Crippen molar-refractivity contribution in [2.24, 2.45) is 5.92 Å². The van der Waals surface area contributed by atoms with Crippen LogP contribution in [0.2, 0.25) is 0 Å². The number of hydrogen-bond donors (Lipinski definition) is 0. The fraction of sp³-hybridized carbons (Fsp3) is 0.312. The van der Waals surface area contributed by atoms with Crippen molar-refractivity contribution < 1.29 is 9.53 Å². The highest BCUT2D eigenvalue weighted by Crippen LogP contribution is 2.30. The van der Waals surface area contributed by atoms with E-state index < -0.39 is 0 Å². The summed E-state index contributed by atoms with van der Waals surface area (Å²) >= 11 is 0. The summed E-state index contributed by atoms with van der Waals surface area (Å²) in [5, 5.41) is 2.49. The van der Waals surface area contributed by atoms with Crippen molar-refractivity contribution in [3.8, 4) is 0 Å². The predicted octanol–water partition coefficient (Wildman–Crippen LogP) is 3.34. The van der Waals surface area contributed by atoms with Gasteiger partial charge in [-0.15, -0.1) is 0 Å². The molecular weight excluding hydrogens is 224 g/mol. The van der Waals surface area contributed by atoms with Gasteiger partial charge in [-0.3, -0.25) is 4.79 Å². The Labute approximate surface area is 107 Å². The number of hydrogen-bond acceptors (Lipinski definition) is 2. The summed E-state index contributed by atoms with van der Waals surface area (Å²) in [6.07, 6.45) is 2.81. The number of carbonyl (C=O) groups excluding carboxylic acids is 1. The van der Waals surface area contributed by atoms with Crippen LogP contribution in [-0.2, 0) is 16.0 Å². The first-order chi connectivity index (χ1) is 8.83. The first kappa shape index (κ1) is 11.3. The van der Waals surface area contributed by atoms with Crippen molar-refractivity contribution in [2.45, 2.75) is 19.3 Å².